The van der Waals surface area contributed by atoms with Crippen molar-refractivity contribution in [1.82, 2.24) is 0 Å². The summed E-state index contributed by atoms with van der Waals surface area (Å²) in [7, 11) is 0. The SMILES string of the molecule is O=C(OC(Cl)c1ccccc1)C1CCOCC1. The Morgan fingerprint density at radius 3 is 2.59 bits per heavy atom. The Hall–Kier alpha value is -1.06. The lowest BCUT2D eigenvalue weighted by Crippen LogP contribution is -2.25. The highest BCUT2D eigenvalue weighted by atomic mass is 35.5. The van der Waals surface area contributed by atoms with E-state index >= 15 is 0 Å². The smallest absolute Gasteiger partial charge is 0.310 e. The van der Waals surface area contributed by atoms with Crippen molar-refractivity contribution in [2.75, 3.05) is 13.2 Å². The minimum Gasteiger partial charge on any atom is -0.441 e. The van der Waals surface area contributed by atoms with E-state index in [1.807, 2.05) is 30.3 Å². The molecular weight excluding hydrogens is 240 g/mol. The average molecular weight is 255 g/mol. The molecule has 1 heterocycles. The molecule has 1 aliphatic rings. The van der Waals surface area contributed by atoms with Crippen LogP contribution in [0.3, 0.4) is 0 Å². The number of alkyl halides is 1. The molecular formula is C13H15ClO3. The van der Waals surface area contributed by atoms with Gasteiger partial charge in [-0.1, -0.05) is 41.9 Å². The first kappa shape index (κ1) is 12.4. The maximum absolute atomic E-state index is 11.8. The molecule has 1 fully saturated rings. The van der Waals surface area contributed by atoms with Crippen LogP contribution in [0.15, 0.2) is 30.3 Å². The Morgan fingerprint density at radius 2 is 1.94 bits per heavy atom. The van der Waals surface area contributed by atoms with Crippen molar-refractivity contribution in [3.63, 3.8) is 0 Å². The van der Waals surface area contributed by atoms with Gasteiger partial charge in [0.15, 0.2) is 0 Å². The quantitative estimate of drug-likeness (QED) is 0.615. The molecule has 0 bridgehead atoms. The average Bonchev–Trinajstić information content (AvgIpc) is 2.40. The molecule has 1 aromatic rings. The van der Waals surface area contributed by atoms with Crippen LogP contribution in [0, 0.1) is 5.92 Å². The molecule has 4 heteroatoms. The molecule has 0 saturated carbocycles. The van der Waals surface area contributed by atoms with E-state index in [1.165, 1.54) is 0 Å². The molecule has 1 unspecified atom stereocenters. The second-order valence-electron chi connectivity index (χ2n) is 4.05. The van der Waals surface area contributed by atoms with Gasteiger partial charge < -0.3 is 9.47 Å². The Morgan fingerprint density at radius 1 is 1.29 bits per heavy atom. The summed E-state index contributed by atoms with van der Waals surface area (Å²) in [4.78, 5) is 11.8. The minimum atomic E-state index is -0.702. The van der Waals surface area contributed by atoms with E-state index in [9.17, 15) is 4.79 Å². The van der Waals surface area contributed by atoms with Gasteiger partial charge in [0.2, 0.25) is 5.56 Å². The summed E-state index contributed by atoms with van der Waals surface area (Å²) >= 11 is 6.05. The van der Waals surface area contributed by atoms with E-state index in [0.29, 0.717) is 13.2 Å². The molecule has 92 valence electrons. The number of rotatable bonds is 3. The summed E-state index contributed by atoms with van der Waals surface area (Å²) in [6.45, 7) is 1.25. The summed E-state index contributed by atoms with van der Waals surface area (Å²) in [6.07, 6.45) is 1.44. The van der Waals surface area contributed by atoms with Gasteiger partial charge in [0, 0.05) is 18.8 Å². The monoisotopic (exact) mass is 254 g/mol. The Kier molecular flexibility index (Phi) is 4.40. The van der Waals surface area contributed by atoms with Crippen molar-refractivity contribution in [2.24, 2.45) is 5.92 Å². The minimum absolute atomic E-state index is 0.0753. The third-order valence-corrected chi connectivity index (χ3v) is 3.18. The zero-order chi connectivity index (χ0) is 12.1. The molecule has 0 N–H and O–H groups in total. The summed E-state index contributed by atoms with van der Waals surface area (Å²) in [5.41, 5.74) is 0.0983. The number of esters is 1. The number of carbonyl (C=O) groups is 1. The van der Waals surface area contributed by atoms with E-state index < -0.39 is 5.56 Å². The van der Waals surface area contributed by atoms with Crippen molar-refractivity contribution < 1.29 is 14.3 Å². The normalized spacial score (nSPS) is 18.6. The van der Waals surface area contributed by atoms with Crippen molar-refractivity contribution in [1.29, 1.82) is 0 Å². The van der Waals surface area contributed by atoms with Crippen LogP contribution in [0.5, 0.6) is 0 Å². The van der Waals surface area contributed by atoms with Crippen molar-refractivity contribution >= 4 is 17.6 Å². The highest BCUT2D eigenvalue weighted by Crippen LogP contribution is 2.25. The summed E-state index contributed by atoms with van der Waals surface area (Å²) in [6, 6.07) is 9.32. The van der Waals surface area contributed by atoms with Crippen molar-refractivity contribution in [2.45, 2.75) is 18.4 Å². The van der Waals surface area contributed by atoms with Crippen LogP contribution in [-0.4, -0.2) is 19.2 Å². The van der Waals surface area contributed by atoms with Gasteiger partial charge >= 0.3 is 5.97 Å². The molecule has 0 aromatic heterocycles. The lowest BCUT2D eigenvalue weighted by molar-refractivity contribution is -0.153. The summed E-state index contributed by atoms with van der Waals surface area (Å²) in [5, 5.41) is 0. The second kappa shape index (κ2) is 6.03. The molecule has 0 spiro atoms. The fourth-order valence-corrected chi connectivity index (χ4v) is 2.04. The van der Waals surface area contributed by atoms with Gasteiger partial charge in [0.05, 0.1) is 5.92 Å². The Labute approximate surface area is 106 Å². The zero-order valence-electron chi connectivity index (χ0n) is 9.47. The van der Waals surface area contributed by atoms with Gasteiger partial charge in [-0.25, -0.2) is 0 Å². The van der Waals surface area contributed by atoms with Gasteiger partial charge in [-0.3, -0.25) is 4.79 Å². The highest BCUT2D eigenvalue weighted by molar-refractivity contribution is 6.20. The lowest BCUT2D eigenvalue weighted by atomic mass is 10.0. The number of benzene rings is 1. The fraction of sp³-hybridized carbons (Fsp3) is 0.462. The summed E-state index contributed by atoms with van der Waals surface area (Å²) in [5.74, 6) is -0.300. The van der Waals surface area contributed by atoms with E-state index in [-0.39, 0.29) is 11.9 Å². The van der Waals surface area contributed by atoms with Crippen LogP contribution >= 0.6 is 11.6 Å². The number of hydrogen-bond donors (Lipinski definition) is 0. The third-order valence-electron chi connectivity index (χ3n) is 2.84. The third kappa shape index (κ3) is 3.45. The first-order chi connectivity index (χ1) is 8.27. The number of ether oxygens (including phenoxy) is 2. The van der Waals surface area contributed by atoms with E-state index in [2.05, 4.69) is 0 Å². The standard InChI is InChI=1S/C13H15ClO3/c14-12(10-4-2-1-3-5-10)17-13(15)11-6-8-16-9-7-11/h1-5,11-12H,6-9H2. The molecule has 2 rings (SSSR count). The molecule has 3 nitrogen and oxygen atoms in total. The molecule has 1 saturated heterocycles. The van der Waals surface area contributed by atoms with Gasteiger partial charge in [0.1, 0.15) is 0 Å². The highest BCUT2D eigenvalue weighted by Gasteiger charge is 2.25. The van der Waals surface area contributed by atoms with E-state index in [0.717, 1.165) is 18.4 Å². The first-order valence-corrected chi connectivity index (χ1v) is 6.18. The van der Waals surface area contributed by atoms with Crippen molar-refractivity contribution in [3.8, 4) is 0 Å². The van der Waals surface area contributed by atoms with Gasteiger partial charge in [0.25, 0.3) is 0 Å². The van der Waals surface area contributed by atoms with Crippen LogP contribution in [0.2, 0.25) is 0 Å². The van der Waals surface area contributed by atoms with Gasteiger partial charge in [-0.2, -0.15) is 0 Å². The Balaban J connectivity index is 1.89. The fourth-order valence-electron chi connectivity index (χ4n) is 1.80. The molecule has 17 heavy (non-hydrogen) atoms. The van der Waals surface area contributed by atoms with Crippen LogP contribution in [0.25, 0.3) is 0 Å². The first-order valence-electron chi connectivity index (χ1n) is 5.74. The maximum atomic E-state index is 11.8. The second-order valence-corrected chi connectivity index (χ2v) is 4.45. The van der Waals surface area contributed by atoms with Crippen LogP contribution in [-0.2, 0) is 14.3 Å². The molecule has 0 amide bonds. The van der Waals surface area contributed by atoms with Crippen LogP contribution in [0.1, 0.15) is 24.0 Å². The maximum Gasteiger partial charge on any atom is 0.310 e. The molecule has 1 atom stereocenters. The molecule has 1 aliphatic heterocycles. The predicted octanol–water partition coefficient (Wildman–Crippen LogP) is 2.89. The number of carbonyl (C=O) groups excluding carboxylic acids is 1. The predicted molar refractivity (Wildman–Crippen MR) is 64.7 cm³/mol. The van der Waals surface area contributed by atoms with Crippen LogP contribution in [0.4, 0.5) is 0 Å². The lowest BCUT2D eigenvalue weighted by Gasteiger charge is -2.22. The number of halogens is 1. The Bertz CT molecular complexity index is 360. The largest absolute Gasteiger partial charge is 0.441 e. The topological polar surface area (TPSA) is 35.5 Å². The van der Waals surface area contributed by atoms with Gasteiger partial charge in [-0.15, -0.1) is 0 Å². The zero-order valence-corrected chi connectivity index (χ0v) is 10.2. The van der Waals surface area contributed by atoms with E-state index in [4.69, 9.17) is 21.1 Å². The number of hydrogen-bond acceptors (Lipinski definition) is 3. The van der Waals surface area contributed by atoms with Crippen molar-refractivity contribution in [3.05, 3.63) is 35.9 Å². The molecule has 1 aromatic carbocycles. The summed E-state index contributed by atoms with van der Waals surface area (Å²) < 4.78 is 10.4. The van der Waals surface area contributed by atoms with Gasteiger partial charge in [-0.05, 0) is 12.8 Å². The van der Waals surface area contributed by atoms with E-state index in [1.54, 1.807) is 0 Å². The van der Waals surface area contributed by atoms with Crippen LogP contribution < -0.4 is 0 Å². The molecule has 0 radical (unpaired) electrons. The molecule has 0 aliphatic carbocycles.